The molecule has 0 aliphatic carbocycles. The Morgan fingerprint density at radius 2 is 1.89 bits per heavy atom. The molecule has 0 bridgehead atoms. The van der Waals surface area contributed by atoms with Gasteiger partial charge in [-0.15, -0.1) is 0 Å². The summed E-state index contributed by atoms with van der Waals surface area (Å²) >= 11 is 0. The van der Waals surface area contributed by atoms with Gasteiger partial charge in [-0.3, -0.25) is 24.1 Å². The summed E-state index contributed by atoms with van der Waals surface area (Å²) in [4.78, 5) is 54.1. The van der Waals surface area contributed by atoms with Crippen molar-refractivity contribution in [2.45, 2.75) is 32.0 Å². The number of hydrogen-bond donors (Lipinski definition) is 2. The molecule has 1 unspecified atom stereocenters. The molecule has 2 aliphatic rings. The van der Waals surface area contributed by atoms with Crippen LogP contribution in [0.25, 0.3) is 0 Å². The predicted octanol–water partition coefficient (Wildman–Crippen LogP) is 3.15. The number of furan rings is 1. The maximum Gasteiger partial charge on any atom is 0.291 e. The molecule has 2 N–H and O–H groups in total. The molecule has 3 heterocycles. The van der Waals surface area contributed by atoms with Gasteiger partial charge in [-0.1, -0.05) is 24.3 Å². The molecule has 0 spiro atoms. The normalized spacial score (nSPS) is 18.8. The van der Waals surface area contributed by atoms with Crippen molar-refractivity contribution < 1.29 is 23.6 Å². The van der Waals surface area contributed by atoms with Crippen molar-refractivity contribution in [2.75, 3.05) is 16.8 Å². The van der Waals surface area contributed by atoms with Gasteiger partial charge in [-0.2, -0.15) is 0 Å². The van der Waals surface area contributed by atoms with E-state index in [1.165, 1.54) is 11.2 Å². The van der Waals surface area contributed by atoms with Crippen LogP contribution in [0.2, 0.25) is 0 Å². The first kappa shape index (κ1) is 22.4. The number of nitrogens with one attached hydrogen (secondary N) is 2. The fraction of sp³-hybridized carbons (Fsp3) is 0.231. The molecule has 0 radical (unpaired) electrons. The predicted molar refractivity (Wildman–Crippen MR) is 128 cm³/mol. The number of amides is 4. The highest BCUT2D eigenvalue weighted by Gasteiger charge is 2.53. The number of fused-ring (bicyclic) bond motifs is 3. The molecule has 3 aromatic rings. The highest BCUT2D eigenvalue weighted by atomic mass is 16.3. The number of nitrogens with zero attached hydrogens (tertiary/aromatic N) is 2. The van der Waals surface area contributed by atoms with E-state index in [2.05, 4.69) is 10.6 Å². The molecule has 1 atom stereocenters. The Kier molecular flexibility index (Phi) is 5.60. The van der Waals surface area contributed by atoms with Crippen molar-refractivity contribution in [3.05, 3.63) is 83.8 Å². The van der Waals surface area contributed by atoms with Crippen LogP contribution in [-0.2, 0) is 16.1 Å². The number of benzene rings is 2. The summed E-state index contributed by atoms with van der Waals surface area (Å²) in [5.74, 6) is -0.852. The van der Waals surface area contributed by atoms with Gasteiger partial charge in [0.2, 0.25) is 11.8 Å². The lowest BCUT2D eigenvalue weighted by molar-refractivity contribution is -0.124. The number of rotatable bonds is 6. The van der Waals surface area contributed by atoms with Crippen molar-refractivity contribution in [3.8, 4) is 0 Å². The molecule has 1 fully saturated rings. The maximum absolute atomic E-state index is 13.3. The fourth-order valence-electron chi connectivity index (χ4n) is 4.70. The van der Waals surface area contributed by atoms with E-state index in [4.69, 9.17) is 4.42 Å². The van der Waals surface area contributed by atoms with Crippen molar-refractivity contribution in [1.82, 2.24) is 10.2 Å². The third-order valence-electron chi connectivity index (χ3n) is 6.47. The Hall–Kier alpha value is -4.40. The van der Waals surface area contributed by atoms with Gasteiger partial charge in [0.15, 0.2) is 5.76 Å². The SMILES string of the molecule is CC12CCC(=O)N1c1ccccc1C(=O)N2CC(=O)NCc1cccc(NC(=O)c2ccco2)c1. The lowest BCUT2D eigenvalue weighted by atomic mass is 9.98. The van der Waals surface area contributed by atoms with Crippen molar-refractivity contribution in [2.24, 2.45) is 0 Å². The van der Waals surface area contributed by atoms with Crippen LogP contribution in [0.5, 0.6) is 0 Å². The molecule has 2 aromatic carbocycles. The molecule has 9 nitrogen and oxygen atoms in total. The van der Waals surface area contributed by atoms with Crippen molar-refractivity contribution >= 4 is 35.0 Å². The van der Waals surface area contributed by atoms with Crippen molar-refractivity contribution in [1.29, 1.82) is 0 Å². The van der Waals surface area contributed by atoms with E-state index < -0.39 is 5.66 Å². The Morgan fingerprint density at radius 3 is 2.69 bits per heavy atom. The second kappa shape index (κ2) is 8.75. The smallest absolute Gasteiger partial charge is 0.291 e. The van der Waals surface area contributed by atoms with E-state index in [0.29, 0.717) is 29.8 Å². The molecule has 4 amide bonds. The van der Waals surface area contributed by atoms with Gasteiger partial charge >= 0.3 is 0 Å². The average Bonchev–Trinajstić information content (AvgIpc) is 3.50. The molecule has 5 rings (SSSR count). The van der Waals surface area contributed by atoms with Crippen LogP contribution in [0.1, 0.15) is 46.2 Å². The van der Waals surface area contributed by atoms with E-state index in [1.807, 2.05) is 13.0 Å². The van der Waals surface area contributed by atoms with Crippen LogP contribution < -0.4 is 15.5 Å². The standard InChI is InChI=1S/C26H24N4O5/c1-26-12-11-23(32)30(26)20-9-3-2-8-19(20)25(34)29(26)16-22(31)27-15-17-6-4-7-18(14-17)28-24(33)21-10-5-13-35-21/h2-10,13-14H,11-12,15-16H2,1H3,(H,27,31)(H,28,33). The van der Waals surface area contributed by atoms with Gasteiger partial charge in [0.1, 0.15) is 12.2 Å². The maximum atomic E-state index is 13.3. The highest BCUT2D eigenvalue weighted by Crippen LogP contribution is 2.43. The summed E-state index contributed by atoms with van der Waals surface area (Å²) in [5, 5.41) is 5.59. The van der Waals surface area contributed by atoms with E-state index in [0.717, 1.165) is 5.56 Å². The number of hydrogen-bond acceptors (Lipinski definition) is 5. The average molecular weight is 473 g/mol. The molecular formula is C26H24N4O5. The Labute approximate surface area is 201 Å². The molecule has 9 heteroatoms. The van der Waals surface area contributed by atoms with Crippen LogP contribution in [-0.4, -0.2) is 40.7 Å². The lowest BCUT2D eigenvalue weighted by Gasteiger charge is -2.48. The van der Waals surface area contributed by atoms with E-state index >= 15 is 0 Å². The van der Waals surface area contributed by atoms with Gasteiger partial charge in [-0.25, -0.2) is 0 Å². The Balaban J connectivity index is 1.26. The minimum Gasteiger partial charge on any atom is -0.459 e. The topological polar surface area (TPSA) is 112 Å². The quantitative estimate of drug-likeness (QED) is 0.573. The van der Waals surface area contributed by atoms with Gasteiger partial charge in [0.25, 0.3) is 11.8 Å². The first-order valence-corrected chi connectivity index (χ1v) is 11.3. The van der Waals surface area contributed by atoms with E-state index in [9.17, 15) is 19.2 Å². The monoisotopic (exact) mass is 472 g/mol. The summed E-state index contributed by atoms with van der Waals surface area (Å²) in [6.45, 7) is 1.85. The van der Waals surface area contributed by atoms with Crippen LogP contribution in [0.15, 0.2) is 71.3 Å². The number of para-hydroxylation sites is 1. The summed E-state index contributed by atoms with van der Waals surface area (Å²) in [7, 11) is 0. The van der Waals surface area contributed by atoms with Crippen LogP contribution in [0, 0.1) is 0 Å². The number of carbonyl (C=O) groups is 4. The minimum atomic E-state index is -0.893. The molecule has 1 saturated heterocycles. The molecule has 0 saturated carbocycles. The molecule has 35 heavy (non-hydrogen) atoms. The largest absolute Gasteiger partial charge is 0.459 e. The summed E-state index contributed by atoms with van der Waals surface area (Å²) < 4.78 is 5.10. The van der Waals surface area contributed by atoms with E-state index in [1.54, 1.807) is 59.5 Å². The Morgan fingerprint density at radius 1 is 1.06 bits per heavy atom. The summed E-state index contributed by atoms with van der Waals surface area (Å²) in [6, 6.07) is 17.3. The van der Waals surface area contributed by atoms with Crippen molar-refractivity contribution in [3.63, 3.8) is 0 Å². The third-order valence-corrected chi connectivity index (χ3v) is 6.47. The summed E-state index contributed by atoms with van der Waals surface area (Å²) in [5.41, 5.74) is 1.44. The molecule has 1 aromatic heterocycles. The Bertz CT molecular complexity index is 1320. The number of carbonyl (C=O) groups excluding carboxylic acids is 4. The lowest BCUT2D eigenvalue weighted by Crippen LogP contribution is -2.63. The molecule has 2 aliphatic heterocycles. The second-order valence-corrected chi connectivity index (χ2v) is 8.76. The van der Waals surface area contributed by atoms with Gasteiger partial charge in [0, 0.05) is 18.7 Å². The van der Waals surface area contributed by atoms with Gasteiger partial charge < -0.3 is 20.0 Å². The first-order chi connectivity index (χ1) is 16.9. The summed E-state index contributed by atoms with van der Waals surface area (Å²) in [6.07, 6.45) is 2.19. The minimum absolute atomic E-state index is 0.0636. The second-order valence-electron chi connectivity index (χ2n) is 8.76. The van der Waals surface area contributed by atoms with Gasteiger partial charge in [-0.05, 0) is 55.3 Å². The third kappa shape index (κ3) is 4.05. The van der Waals surface area contributed by atoms with Crippen LogP contribution in [0.4, 0.5) is 11.4 Å². The van der Waals surface area contributed by atoms with E-state index in [-0.39, 0.29) is 42.5 Å². The fourth-order valence-corrected chi connectivity index (χ4v) is 4.70. The van der Waals surface area contributed by atoms with Crippen LogP contribution >= 0.6 is 0 Å². The first-order valence-electron chi connectivity index (χ1n) is 11.3. The molecular weight excluding hydrogens is 448 g/mol. The number of anilines is 2. The van der Waals surface area contributed by atoms with Gasteiger partial charge in [0.05, 0.1) is 17.5 Å². The zero-order valence-electron chi connectivity index (χ0n) is 19.1. The zero-order chi connectivity index (χ0) is 24.6. The zero-order valence-corrected chi connectivity index (χ0v) is 19.1. The van der Waals surface area contributed by atoms with Crippen LogP contribution in [0.3, 0.4) is 0 Å². The molecule has 178 valence electrons. The highest BCUT2D eigenvalue weighted by molar-refractivity contribution is 6.11.